The molecule has 0 bridgehead atoms. The van der Waals surface area contributed by atoms with Crippen molar-refractivity contribution in [2.24, 2.45) is 0 Å². The maximum Gasteiger partial charge on any atom is 0.121 e. The van der Waals surface area contributed by atoms with Crippen molar-refractivity contribution in [2.45, 2.75) is 19.8 Å². The van der Waals surface area contributed by atoms with Crippen LogP contribution >= 0.6 is 0 Å². The Morgan fingerprint density at radius 3 is 2.42 bits per heavy atom. The van der Waals surface area contributed by atoms with Crippen LogP contribution in [-0.2, 0) is 6.67 Å². The molecule has 1 aromatic carbocycles. The van der Waals surface area contributed by atoms with E-state index in [9.17, 15) is 4.39 Å². The quantitative estimate of drug-likeness (QED) is 0.677. The Morgan fingerprint density at radius 2 is 2.00 bits per heavy atom. The number of halogens is 1. The maximum absolute atomic E-state index is 12.0. The average molecular weight is 169 g/mol. The van der Waals surface area contributed by atoms with E-state index in [2.05, 4.69) is 5.32 Å². The molecule has 1 aromatic rings. The smallest absolute Gasteiger partial charge is 0.121 e. The van der Waals surface area contributed by atoms with E-state index in [0.717, 1.165) is 5.69 Å². The Labute approximate surface area is 71.0 Å². The Hall–Kier alpha value is -1.09. The first-order valence-corrected chi connectivity index (χ1v) is 3.82. The van der Waals surface area contributed by atoms with E-state index in [1.165, 1.54) is 0 Å². The molecule has 1 atom stereocenters. The predicted octanol–water partition coefficient (Wildman–Crippen LogP) is 1.91. The minimum absolute atomic E-state index is 0.449. The van der Waals surface area contributed by atoms with Crippen LogP contribution in [0.25, 0.3) is 0 Å². The summed E-state index contributed by atoms with van der Waals surface area (Å²) in [6.45, 7) is 1.18. The van der Waals surface area contributed by atoms with Crippen LogP contribution in [0.2, 0.25) is 0 Å². The number of alkyl halides is 1. The lowest BCUT2D eigenvalue weighted by atomic mass is 10.2. The van der Waals surface area contributed by atoms with E-state index < -0.39 is 12.9 Å². The first kappa shape index (κ1) is 9.00. The van der Waals surface area contributed by atoms with Gasteiger partial charge in [0.15, 0.2) is 0 Å². The normalized spacial score (nSPS) is 12.6. The van der Waals surface area contributed by atoms with Crippen LogP contribution in [0.4, 0.5) is 10.1 Å². The molecule has 0 amide bonds. The van der Waals surface area contributed by atoms with Gasteiger partial charge in [-0.05, 0) is 24.6 Å². The summed E-state index contributed by atoms with van der Waals surface area (Å²) < 4.78 is 12.0. The SMILES string of the molecule is CC(O)Nc1ccc(CF)cc1. The molecule has 0 aliphatic carbocycles. The van der Waals surface area contributed by atoms with Gasteiger partial charge < -0.3 is 10.4 Å². The molecule has 3 heteroatoms. The molecular formula is C9H12FNO. The highest BCUT2D eigenvalue weighted by Crippen LogP contribution is 2.10. The average Bonchev–Trinajstić information content (AvgIpc) is 2.05. The van der Waals surface area contributed by atoms with Gasteiger partial charge in [0, 0.05) is 5.69 Å². The van der Waals surface area contributed by atoms with Crippen molar-refractivity contribution in [3.05, 3.63) is 29.8 Å². The lowest BCUT2D eigenvalue weighted by Crippen LogP contribution is -2.12. The molecule has 0 heterocycles. The topological polar surface area (TPSA) is 32.3 Å². The molecule has 2 nitrogen and oxygen atoms in total. The predicted molar refractivity (Wildman–Crippen MR) is 46.6 cm³/mol. The minimum Gasteiger partial charge on any atom is -0.374 e. The number of aliphatic hydroxyl groups excluding tert-OH is 1. The summed E-state index contributed by atoms with van der Waals surface area (Å²) in [7, 11) is 0. The number of anilines is 1. The molecule has 0 saturated heterocycles. The lowest BCUT2D eigenvalue weighted by Gasteiger charge is -2.08. The van der Waals surface area contributed by atoms with Crippen molar-refractivity contribution >= 4 is 5.69 Å². The highest BCUT2D eigenvalue weighted by molar-refractivity contribution is 5.44. The molecule has 0 radical (unpaired) electrons. The Bertz CT molecular complexity index is 233. The Kier molecular flexibility index (Phi) is 3.05. The second-order valence-corrected chi connectivity index (χ2v) is 2.65. The fraction of sp³-hybridized carbons (Fsp3) is 0.333. The highest BCUT2D eigenvalue weighted by Gasteiger charge is 1.95. The van der Waals surface area contributed by atoms with Gasteiger partial charge in [-0.2, -0.15) is 0 Å². The number of nitrogens with one attached hydrogen (secondary N) is 1. The molecule has 0 aliphatic rings. The van der Waals surface area contributed by atoms with E-state index in [4.69, 9.17) is 5.11 Å². The molecule has 1 rings (SSSR count). The maximum atomic E-state index is 12.0. The zero-order chi connectivity index (χ0) is 8.97. The molecule has 0 spiro atoms. The van der Waals surface area contributed by atoms with E-state index in [0.29, 0.717) is 5.56 Å². The van der Waals surface area contributed by atoms with Crippen LogP contribution in [0, 0.1) is 0 Å². The van der Waals surface area contributed by atoms with E-state index >= 15 is 0 Å². The monoisotopic (exact) mass is 169 g/mol. The van der Waals surface area contributed by atoms with Crippen molar-refractivity contribution in [2.75, 3.05) is 5.32 Å². The number of hydrogen-bond donors (Lipinski definition) is 2. The lowest BCUT2D eigenvalue weighted by molar-refractivity contribution is 0.224. The summed E-state index contributed by atoms with van der Waals surface area (Å²) >= 11 is 0. The fourth-order valence-corrected chi connectivity index (χ4v) is 0.931. The summed E-state index contributed by atoms with van der Waals surface area (Å²) in [5.74, 6) is 0. The van der Waals surface area contributed by atoms with Crippen molar-refractivity contribution < 1.29 is 9.50 Å². The summed E-state index contributed by atoms with van der Waals surface area (Å²) in [5, 5.41) is 11.7. The van der Waals surface area contributed by atoms with Gasteiger partial charge in [-0.25, -0.2) is 4.39 Å². The number of rotatable bonds is 3. The Morgan fingerprint density at radius 1 is 1.42 bits per heavy atom. The summed E-state index contributed by atoms with van der Waals surface area (Å²) in [4.78, 5) is 0. The van der Waals surface area contributed by atoms with Gasteiger partial charge in [-0.3, -0.25) is 0 Å². The zero-order valence-electron chi connectivity index (χ0n) is 6.92. The van der Waals surface area contributed by atoms with Gasteiger partial charge in [0.05, 0.1) is 0 Å². The largest absolute Gasteiger partial charge is 0.374 e. The van der Waals surface area contributed by atoms with Gasteiger partial charge in [-0.1, -0.05) is 12.1 Å². The van der Waals surface area contributed by atoms with E-state index in [-0.39, 0.29) is 0 Å². The van der Waals surface area contributed by atoms with Crippen LogP contribution < -0.4 is 5.32 Å². The van der Waals surface area contributed by atoms with Crippen molar-refractivity contribution in [1.29, 1.82) is 0 Å². The molecule has 0 aliphatic heterocycles. The fourth-order valence-electron chi connectivity index (χ4n) is 0.931. The summed E-state index contributed by atoms with van der Waals surface area (Å²) in [5.41, 5.74) is 1.44. The molecule has 12 heavy (non-hydrogen) atoms. The zero-order valence-corrected chi connectivity index (χ0v) is 6.92. The number of aliphatic hydroxyl groups is 1. The van der Waals surface area contributed by atoms with Gasteiger partial charge in [0.25, 0.3) is 0 Å². The summed E-state index contributed by atoms with van der Waals surface area (Å²) in [6.07, 6.45) is -0.582. The second-order valence-electron chi connectivity index (χ2n) is 2.65. The van der Waals surface area contributed by atoms with Gasteiger partial charge >= 0.3 is 0 Å². The van der Waals surface area contributed by atoms with Crippen LogP contribution in [0.15, 0.2) is 24.3 Å². The molecule has 0 saturated carbocycles. The van der Waals surface area contributed by atoms with E-state index in [1.54, 1.807) is 31.2 Å². The van der Waals surface area contributed by atoms with E-state index in [1.807, 2.05) is 0 Å². The van der Waals surface area contributed by atoms with Crippen LogP contribution in [-0.4, -0.2) is 11.3 Å². The van der Waals surface area contributed by atoms with Crippen molar-refractivity contribution in [3.8, 4) is 0 Å². The third-order valence-electron chi connectivity index (χ3n) is 1.48. The van der Waals surface area contributed by atoms with Crippen LogP contribution in [0.5, 0.6) is 0 Å². The van der Waals surface area contributed by atoms with Gasteiger partial charge in [0.1, 0.15) is 12.9 Å². The van der Waals surface area contributed by atoms with Crippen LogP contribution in [0.1, 0.15) is 12.5 Å². The Balaban J connectivity index is 2.65. The third-order valence-corrected chi connectivity index (χ3v) is 1.48. The standard InChI is InChI=1S/C9H12FNO/c1-7(12)11-9-4-2-8(6-10)3-5-9/h2-5,7,11-12H,6H2,1H3. The number of hydrogen-bond acceptors (Lipinski definition) is 2. The highest BCUT2D eigenvalue weighted by atomic mass is 19.1. The minimum atomic E-state index is -0.582. The van der Waals surface area contributed by atoms with Gasteiger partial charge in [0.2, 0.25) is 0 Å². The van der Waals surface area contributed by atoms with Crippen molar-refractivity contribution in [1.82, 2.24) is 0 Å². The summed E-state index contributed by atoms with van der Waals surface area (Å²) in [6, 6.07) is 6.85. The van der Waals surface area contributed by atoms with Gasteiger partial charge in [-0.15, -0.1) is 0 Å². The first-order valence-electron chi connectivity index (χ1n) is 3.82. The third kappa shape index (κ3) is 2.51. The molecule has 2 N–H and O–H groups in total. The molecule has 0 fully saturated rings. The molecular weight excluding hydrogens is 157 g/mol. The number of benzene rings is 1. The molecule has 0 aromatic heterocycles. The van der Waals surface area contributed by atoms with Crippen molar-refractivity contribution in [3.63, 3.8) is 0 Å². The molecule has 66 valence electrons. The van der Waals surface area contributed by atoms with Crippen LogP contribution in [0.3, 0.4) is 0 Å². The molecule has 1 unspecified atom stereocenters. The second kappa shape index (κ2) is 4.07. The first-order chi connectivity index (χ1) is 5.72.